The summed E-state index contributed by atoms with van der Waals surface area (Å²) >= 11 is 0. The molecule has 0 aliphatic carbocycles. The van der Waals surface area contributed by atoms with Gasteiger partial charge in [-0.25, -0.2) is 4.79 Å². The van der Waals surface area contributed by atoms with E-state index in [9.17, 15) is 4.79 Å². The Bertz CT molecular complexity index is 423. The zero-order valence-corrected chi connectivity index (χ0v) is 14.9. The van der Waals surface area contributed by atoms with Gasteiger partial charge in [-0.2, -0.15) is 0 Å². The highest BCUT2D eigenvalue weighted by Crippen LogP contribution is 2.18. The summed E-state index contributed by atoms with van der Waals surface area (Å²) < 4.78 is 5.05. The second-order valence-corrected chi connectivity index (χ2v) is 5.32. The van der Waals surface area contributed by atoms with Gasteiger partial charge in [-0.3, -0.25) is 4.90 Å². The molecule has 1 saturated heterocycles. The molecule has 126 valence electrons. The maximum Gasteiger partial charge on any atom is 0.409 e. The second-order valence-electron chi connectivity index (χ2n) is 5.32. The van der Waals surface area contributed by atoms with E-state index < -0.39 is 0 Å². The number of rotatable bonds is 4. The van der Waals surface area contributed by atoms with E-state index >= 15 is 0 Å². The van der Waals surface area contributed by atoms with Crippen molar-refractivity contribution in [1.29, 1.82) is 0 Å². The van der Waals surface area contributed by atoms with E-state index in [0.717, 1.165) is 32.5 Å². The largest absolute Gasteiger partial charge is 0.450 e. The first-order valence-electron chi connectivity index (χ1n) is 7.36. The first kappa shape index (κ1) is 21.0. The van der Waals surface area contributed by atoms with Crippen molar-refractivity contribution in [3.63, 3.8) is 0 Å². The van der Waals surface area contributed by atoms with Crippen molar-refractivity contribution >= 4 is 30.9 Å². The van der Waals surface area contributed by atoms with Crippen molar-refractivity contribution in [2.75, 3.05) is 26.7 Å². The summed E-state index contributed by atoms with van der Waals surface area (Å²) in [6.45, 7) is 4.85. The van der Waals surface area contributed by atoms with Crippen LogP contribution < -0.4 is 0 Å². The van der Waals surface area contributed by atoms with Gasteiger partial charge < -0.3 is 9.64 Å². The third-order valence-electron chi connectivity index (χ3n) is 3.89. The maximum atomic E-state index is 11.7. The Kier molecular flexibility index (Phi) is 10.2. The lowest BCUT2D eigenvalue weighted by Gasteiger charge is -2.36. The van der Waals surface area contributed by atoms with Crippen LogP contribution in [0, 0.1) is 0 Å². The normalized spacial score (nSPS) is 15.0. The minimum atomic E-state index is -0.170. The van der Waals surface area contributed by atoms with E-state index in [1.807, 2.05) is 17.9 Å². The van der Waals surface area contributed by atoms with Crippen molar-refractivity contribution in [1.82, 2.24) is 9.80 Å². The highest BCUT2D eigenvalue weighted by Gasteiger charge is 2.25. The number of hydrogen-bond acceptors (Lipinski definition) is 3. The lowest BCUT2D eigenvalue weighted by molar-refractivity contribution is 0.0794. The topological polar surface area (TPSA) is 32.8 Å². The first-order chi connectivity index (χ1) is 9.70. The number of amides is 1. The summed E-state index contributed by atoms with van der Waals surface area (Å²) in [6.07, 6.45) is 1.86. The summed E-state index contributed by atoms with van der Waals surface area (Å²) in [7, 11) is 2.16. The molecule has 0 bridgehead atoms. The molecule has 1 aromatic carbocycles. The molecule has 0 atom stereocenters. The van der Waals surface area contributed by atoms with Crippen LogP contribution in [0.15, 0.2) is 30.3 Å². The van der Waals surface area contributed by atoms with Crippen LogP contribution >= 0.6 is 24.8 Å². The van der Waals surface area contributed by atoms with E-state index in [4.69, 9.17) is 4.74 Å². The van der Waals surface area contributed by atoms with E-state index in [1.165, 1.54) is 5.56 Å². The monoisotopic (exact) mass is 348 g/mol. The van der Waals surface area contributed by atoms with Crippen LogP contribution in [-0.2, 0) is 11.3 Å². The molecule has 2 rings (SSSR count). The number of likely N-dealkylation sites (tertiary alicyclic amines) is 1. The van der Waals surface area contributed by atoms with Gasteiger partial charge in [0.15, 0.2) is 0 Å². The van der Waals surface area contributed by atoms with Gasteiger partial charge in [-0.1, -0.05) is 30.3 Å². The number of hydrogen-bond donors (Lipinski definition) is 0. The zero-order chi connectivity index (χ0) is 14.4. The minimum absolute atomic E-state index is 0. The Morgan fingerprint density at radius 2 is 1.82 bits per heavy atom. The molecule has 0 spiro atoms. The number of piperidine rings is 1. The van der Waals surface area contributed by atoms with Crippen molar-refractivity contribution in [2.45, 2.75) is 32.4 Å². The van der Waals surface area contributed by atoms with Crippen LogP contribution in [-0.4, -0.2) is 48.7 Å². The van der Waals surface area contributed by atoms with E-state index in [2.05, 4.69) is 36.2 Å². The van der Waals surface area contributed by atoms with Crippen LogP contribution in [0.1, 0.15) is 25.3 Å². The molecular formula is C16H26Cl2N2O2. The van der Waals surface area contributed by atoms with E-state index in [-0.39, 0.29) is 30.9 Å². The molecule has 1 aromatic rings. The lowest BCUT2D eigenvalue weighted by atomic mass is 10.0. The molecular weight excluding hydrogens is 323 g/mol. The number of halogens is 2. The lowest BCUT2D eigenvalue weighted by Crippen LogP contribution is -2.45. The molecule has 0 saturated carbocycles. The van der Waals surface area contributed by atoms with Crippen molar-refractivity contribution in [3.05, 3.63) is 35.9 Å². The van der Waals surface area contributed by atoms with Crippen molar-refractivity contribution in [3.8, 4) is 0 Å². The quantitative estimate of drug-likeness (QED) is 0.833. The first-order valence-corrected chi connectivity index (χ1v) is 7.36. The molecule has 1 fully saturated rings. The Morgan fingerprint density at radius 1 is 1.23 bits per heavy atom. The molecule has 0 radical (unpaired) electrons. The predicted molar refractivity (Wildman–Crippen MR) is 94.0 cm³/mol. The van der Waals surface area contributed by atoms with Crippen LogP contribution in [0.2, 0.25) is 0 Å². The van der Waals surface area contributed by atoms with Gasteiger partial charge >= 0.3 is 6.09 Å². The van der Waals surface area contributed by atoms with E-state index in [1.54, 1.807) is 0 Å². The molecule has 1 heterocycles. The average Bonchev–Trinajstić information content (AvgIpc) is 2.48. The van der Waals surface area contributed by atoms with Crippen LogP contribution in [0.4, 0.5) is 4.79 Å². The highest BCUT2D eigenvalue weighted by atomic mass is 35.5. The Hall–Kier alpha value is -0.970. The Morgan fingerprint density at radius 3 is 2.36 bits per heavy atom. The van der Waals surface area contributed by atoms with Gasteiger partial charge in [0.2, 0.25) is 0 Å². The third kappa shape index (κ3) is 6.03. The molecule has 6 heteroatoms. The van der Waals surface area contributed by atoms with Crippen molar-refractivity contribution in [2.24, 2.45) is 0 Å². The number of carbonyl (C=O) groups excluding carboxylic acids is 1. The fraction of sp³-hybridized carbons (Fsp3) is 0.562. The molecule has 1 amide bonds. The maximum absolute atomic E-state index is 11.7. The van der Waals surface area contributed by atoms with Crippen LogP contribution in [0.3, 0.4) is 0 Å². The molecule has 1 aliphatic rings. The smallest absolute Gasteiger partial charge is 0.409 e. The van der Waals surface area contributed by atoms with Gasteiger partial charge in [0, 0.05) is 25.7 Å². The number of benzene rings is 1. The average molecular weight is 349 g/mol. The predicted octanol–water partition coefficient (Wildman–Crippen LogP) is 3.58. The number of nitrogens with zero attached hydrogens (tertiary/aromatic N) is 2. The zero-order valence-electron chi connectivity index (χ0n) is 13.2. The van der Waals surface area contributed by atoms with Crippen LogP contribution in [0.5, 0.6) is 0 Å². The van der Waals surface area contributed by atoms with Gasteiger partial charge in [0.05, 0.1) is 6.61 Å². The summed E-state index contributed by atoms with van der Waals surface area (Å²) in [5.74, 6) is 0. The summed E-state index contributed by atoms with van der Waals surface area (Å²) in [5.41, 5.74) is 1.34. The Labute approximate surface area is 145 Å². The fourth-order valence-corrected chi connectivity index (χ4v) is 2.70. The second kappa shape index (κ2) is 10.7. The molecule has 4 nitrogen and oxygen atoms in total. The summed E-state index contributed by atoms with van der Waals surface area (Å²) in [4.78, 5) is 15.9. The minimum Gasteiger partial charge on any atom is -0.450 e. The molecule has 0 N–H and O–H groups in total. The SMILES string of the molecule is CCOC(=O)N1CCC(N(C)Cc2ccccc2)CC1.Cl.Cl. The molecule has 1 aliphatic heterocycles. The van der Waals surface area contributed by atoms with Gasteiger partial charge in [0.1, 0.15) is 0 Å². The molecule has 0 unspecified atom stereocenters. The fourth-order valence-electron chi connectivity index (χ4n) is 2.70. The van der Waals surface area contributed by atoms with E-state index in [0.29, 0.717) is 12.6 Å². The summed E-state index contributed by atoms with van der Waals surface area (Å²) in [6, 6.07) is 11.1. The summed E-state index contributed by atoms with van der Waals surface area (Å²) in [5, 5.41) is 0. The van der Waals surface area contributed by atoms with Gasteiger partial charge in [-0.05, 0) is 32.4 Å². The Balaban J connectivity index is 0.00000220. The molecule has 0 aromatic heterocycles. The third-order valence-corrected chi connectivity index (χ3v) is 3.89. The van der Waals surface area contributed by atoms with Crippen molar-refractivity contribution < 1.29 is 9.53 Å². The highest BCUT2D eigenvalue weighted by molar-refractivity contribution is 5.85. The standard InChI is InChI=1S/C16H24N2O2.2ClH/c1-3-20-16(19)18-11-9-15(10-12-18)17(2)13-14-7-5-4-6-8-14;;/h4-8,15H,3,9-13H2,1-2H3;2*1H. The van der Waals surface area contributed by atoms with Gasteiger partial charge in [0.25, 0.3) is 0 Å². The van der Waals surface area contributed by atoms with Crippen LogP contribution in [0.25, 0.3) is 0 Å². The van der Waals surface area contributed by atoms with Gasteiger partial charge in [-0.15, -0.1) is 24.8 Å². The number of ether oxygens (including phenoxy) is 1. The molecule has 22 heavy (non-hydrogen) atoms. The number of carbonyl (C=O) groups is 1.